The Morgan fingerprint density at radius 2 is 1.93 bits per heavy atom. The number of esters is 1. The van der Waals surface area contributed by atoms with Crippen LogP contribution in [-0.2, 0) is 9.53 Å². The van der Waals surface area contributed by atoms with Crippen molar-refractivity contribution in [2.24, 2.45) is 5.92 Å². The Kier molecular flexibility index (Phi) is 5.65. The zero-order valence-corrected chi connectivity index (χ0v) is 9.26. The van der Waals surface area contributed by atoms with Gasteiger partial charge >= 0.3 is 5.97 Å². The van der Waals surface area contributed by atoms with Gasteiger partial charge in [0.2, 0.25) is 0 Å². The normalized spacial score (nSPS) is 18.1. The molecular weight excluding hydrogens is 176 g/mol. The van der Waals surface area contributed by atoms with Crippen LogP contribution in [0.5, 0.6) is 0 Å². The Morgan fingerprint density at radius 3 is 2.57 bits per heavy atom. The van der Waals surface area contributed by atoms with E-state index in [0.29, 0.717) is 6.61 Å². The lowest BCUT2D eigenvalue weighted by Gasteiger charge is -2.19. The molecule has 0 bridgehead atoms. The lowest BCUT2D eigenvalue weighted by atomic mass is 9.89. The Labute approximate surface area is 87.0 Å². The first-order chi connectivity index (χ1) is 6.84. The lowest BCUT2D eigenvalue weighted by molar-refractivity contribution is -0.149. The van der Waals surface area contributed by atoms with Gasteiger partial charge in [-0.25, -0.2) is 0 Å². The second-order valence-corrected chi connectivity index (χ2v) is 4.21. The molecule has 1 aliphatic carbocycles. The van der Waals surface area contributed by atoms with Crippen LogP contribution in [-0.4, -0.2) is 12.6 Å². The lowest BCUT2D eigenvalue weighted by Crippen LogP contribution is -2.20. The Morgan fingerprint density at radius 1 is 1.21 bits per heavy atom. The van der Waals surface area contributed by atoms with Crippen molar-refractivity contribution in [3.63, 3.8) is 0 Å². The van der Waals surface area contributed by atoms with Crippen molar-refractivity contribution >= 4 is 5.97 Å². The van der Waals surface area contributed by atoms with E-state index < -0.39 is 0 Å². The van der Waals surface area contributed by atoms with Gasteiger partial charge < -0.3 is 4.74 Å². The molecule has 0 aromatic rings. The highest BCUT2D eigenvalue weighted by Crippen LogP contribution is 2.24. The summed E-state index contributed by atoms with van der Waals surface area (Å²) in [4.78, 5) is 11.5. The summed E-state index contributed by atoms with van der Waals surface area (Å²) in [7, 11) is 0. The fraction of sp³-hybridized carbons (Fsp3) is 0.917. The number of carbonyl (C=O) groups is 1. The van der Waals surface area contributed by atoms with Crippen LogP contribution in [0.15, 0.2) is 0 Å². The summed E-state index contributed by atoms with van der Waals surface area (Å²) in [5, 5.41) is 0. The molecule has 2 heteroatoms. The second-order valence-electron chi connectivity index (χ2n) is 4.21. The standard InChI is InChI=1S/C12H22O2/c1-2-3-7-10-14-12(13)11-8-5-4-6-9-11/h11H,2-10H2,1H3. The van der Waals surface area contributed by atoms with Gasteiger partial charge in [0, 0.05) is 0 Å². The van der Waals surface area contributed by atoms with E-state index in [2.05, 4.69) is 6.92 Å². The van der Waals surface area contributed by atoms with Crippen LogP contribution < -0.4 is 0 Å². The molecule has 0 heterocycles. The fourth-order valence-electron chi connectivity index (χ4n) is 1.98. The SMILES string of the molecule is CCCCCOC(=O)C1CCCCC1. The minimum Gasteiger partial charge on any atom is -0.465 e. The molecule has 0 radical (unpaired) electrons. The Balaban J connectivity index is 2.07. The highest BCUT2D eigenvalue weighted by atomic mass is 16.5. The van der Waals surface area contributed by atoms with E-state index >= 15 is 0 Å². The summed E-state index contributed by atoms with van der Waals surface area (Å²) >= 11 is 0. The van der Waals surface area contributed by atoms with Crippen LogP contribution in [0.4, 0.5) is 0 Å². The maximum Gasteiger partial charge on any atom is 0.308 e. The molecule has 1 rings (SSSR count). The Hall–Kier alpha value is -0.530. The summed E-state index contributed by atoms with van der Waals surface area (Å²) in [6.07, 6.45) is 9.16. The predicted molar refractivity (Wildman–Crippen MR) is 57.1 cm³/mol. The second kappa shape index (κ2) is 6.86. The van der Waals surface area contributed by atoms with Crippen molar-refractivity contribution in [1.29, 1.82) is 0 Å². The number of ether oxygens (including phenoxy) is 1. The molecule has 0 saturated heterocycles. The van der Waals surface area contributed by atoms with Crippen molar-refractivity contribution in [1.82, 2.24) is 0 Å². The average Bonchev–Trinajstić information content (AvgIpc) is 2.25. The molecule has 0 spiro atoms. The highest BCUT2D eigenvalue weighted by molar-refractivity contribution is 5.72. The molecule has 0 unspecified atom stereocenters. The minimum atomic E-state index is 0.0563. The highest BCUT2D eigenvalue weighted by Gasteiger charge is 2.21. The quantitative estimate of drug-likeness (QED) is 0.500. The number of rotatable bonds is 5. The van der Waals surface area contributed by atoms with Crippen LogP contribution in [0.2, 0.25) is 0 Å². The van der Waals surface area contributed by atoms with E-state index in [4.69, 9.17) is 4.74 Å². The molecule has 2 nitrogen and oxygen atoms in total. The summed E-state index contributed by atoms with van der Waals surface area (Å²) in [5.41, 5.74) is 0. The maximum absolute atomic E-state index is 11.5. The topological polar surface area (TPSA) is 26.3 Å². The van der Waals surface area contributed by atoms with Crippen LogP contribution >= 0.6 is 0 Å². The van der Waals surface area contributed by atoms with E-state index in [0.717, 1.165) is 25.7 Å². The first kappa shape index (κ1) is 11.5. The van der Waals surface area contributed by atoms with Crippen LogP contribution in [0, 0.1) is 5.92 Å². The molecule has 0 atom stereocenters. The van der Waals surface area contributed by atoms with Crippen molar-refractivity contribution in [2.75, 3.05) is 6.61 Å². The molecule has 0 N–H and O–H groups in total. The first-order valence-corrected chi connectivity index (χ1v) is 6.01. The largest absolute Gasteiger partial charge is 0.465 e. The number of unbranched alkanes of at least 4 members (excludes halogenated alkanes) is 2. The maximum atomic E-state index is 11.5. The van der Waals surface area contributed by atoms with Crippen LogP contribution in [0.1, 0.15) is 58.3 Å². The monoisotopic (exact) mass is 198 g/mol. The average molecular weight is 198 g/mol. The van der Waals surface area contributed by atoms with Crippen molar-refractivity contribution in [3.8, 4) is 0 Å². The minimum absolute atomic E-state index is 0.0563. The van der Waals surface area contributed by atoms with E-state index in [-0.39, 0.29) is 11.9 Å². The van der Waals surface area contributed by atoms with E-state index in [1.807, 2.05) is 0 Å². The number of carbonyl (C=O) groups excluding carboxylic acids is 1. The summed E-state index contributed by atoms with van der Waals surface area (Å²) in [5.74, 6) is 0.270. The smallest absolute Gasteiger partial charge is 0.308 e. The van der Waals surface area contributed by atoms with E-state index in [1.54, 1.807) is 0 Å². The molecule has 0 aromatic carbocycles. The first-order valence-electron chi connectivity index (χ1n) is 6.01. The van der Waals surface area contributed by atoms with Gasteiger partial charge in [-0.1, -0.05) is 39.0 Å². The Bertz CT molecular complexity index is 160. The van der Waals surface area contributed by atoms with Gasteiger partial charge in [-0.2, -0.15) is 0 Å². The molecule has 82 valence electrons. The van der Waals surface area contributed by atoms with Gasteiger partial charge in [0.05, 0.1) is 12.5 Å². The van der Waals surface area contributed by atoms with Gasteiger partial charge in [-0.05, 0) is 19.3 Å². The van der Waals surface area contributed by atoms with Crippen LogP contribution in [0.25, 0.3) is 0 Å². The summed E-state index contributed by atoms with van der Waals surface area (Å²) in [6.45, 7) is 2.78. The molecular formula is C12H22O2. The van der Waals surface area contributed by atoms with Crippen molar-refractivity contribution in [2.45, 2.75) is 58.3 Å². The van der Waals surface area contributed by atoms with Gasteiger partial charge in [0.15, 0.2) is 0 Å². The number of hydrogen-bond acceptors (Lipinski definition) is 2. The third-order valence-corrected chi connectivity index (χ3v) is 2.93. The van der Waals surface area contributed by atoms with Crippen molar-refractivity contribution < 1.29 is 9.53 Å². The third-order valence-electron chi connectivity index (χ3n) is 2.93. The van der Waals surface area contributed by atoms with Gasteiger partial charge in [0.1, 0.15) is 0 Å². The van der Waals surface area contributed by atoms with Crippen molar-refractivity contribution in [3.05, 3.63) is 0 Å². The molecule has 1 fully saturated rings. The molecule has 0 aliphatic heterocycles. The van der Waals surface area contributed by atoms with Crippen LogP contribution in [0.3, 0.4) is 0 Å². The number of hydrogen-bond donors (Lipinski definition) is 0. The summed E-state index contributed by atoms with van der Waals surface area (Å²) < 4.78 is 5.24. The fourth-order valence-corrected chi connectivity index (χ4v) is 1.98. The molecule has 14 heavy (non-hydrogen) atoms. The van der Waals surface area contributed by atoms with E-state index in [9.17, 15) is 4.79 Å². The molecule has 0 aromatic heterocycles. The zero-order chi connectivity index (χ0) is 10.2. The predicted octanol–water partition coefficient (Wildman–Crippen LogP) is 3.30. The van der Waals surface area contributed by atoms with Gasteiger partial charge in [-0.15, -0.1) is 0 Å². The molecule has 1 saturated carbocycles. The third kappa shape index (κ3) is 4.12. The molecule has 1 aliphatic rings. The zero-order valence-electron chi connectivity index (χ0n) is 9.26. The van der Waals surface area contributed by atoms with Gasteiger partial charge in [0.25, 0.3) is 0 Å². The summed E-state index contributed by atoms with van der Waals surface area (Å²) in [6, 6.07) is 0. The van der Waals surface area contributed by atoms with Gasteiger partial charge in [-0.3, -0.25) is 4.79 Å². The molecule has 0 amide bonds. The van der Waals surface area contributed by atoms with E-state index in [1.165, 1.54) is 25.7 Å².